The first kappa shape index (κ1) is 19.9. The molecule has 6 nitrogen and oxygen atoms in total. The lowest BCUT2D eigenvalue weighted by Crippen LogP contribution is -2.48. The molecule has 1 aromatic heterocycles. The van der Waals surface area contributed by atoms with Crippen LogP contribution in [0.5, 0.6) is 0 Å². The number of β-amino-alcohol motifs (C(OH)–C–C–N with tert-alkyl or cyclic N) is 1. The Morgan fingerprint density at radius 2 is 2.00 bits per heavy atom. The fourth-order valence-corrected chi connectivity index (χ4v) is 4.41. The second-order valence-electron chi connectivity index (χ2n) is 8.13. The number of urea groups is 1. The molecule has 1 saturated heterocycles. The molecule has 0 aliphatic carbocycles. The molecule has 0 saturated carbocycles. The number of carbonyl (C=O) groups is 1. The van der Waals surface area contributed by atoms with Gasteiger partial charge < -0.3 is 15.3 Å². The topological polar surface area (TPSA) is 68.7 Å². The number of nitrogens with zero attached hydrogens (tertiary/aromatic N) is 3. The van der Waals surface area contributed by atoms with Crippen LogP contribution in [0.4, 0.5) is 4.79 Å². The van der Waals surface area contributed by atoms with E-state index in [2.05, 4.69) is 39.5 Å². The minimum atomic E-state index is -0.569. The van der Waals surface area contributed by atoms with Gasteiger partial charge in [0.15, 0.2) is 0 Å². The van der Waals surface area contributed by atoms with E-state index in [-0.39, 0.29) is 18.5 Å². The summed E-state index contributed by atoms with van der Waals surface area (Å²) in [5, 5.41) is 13.4. The summed E-state index contributed by atoms with van der Waals surface area (Å²) in [5.74, 6) is 0.286. The van der Waals surface area contributed by atoms with Gasteiger partial charge in [-0.15, -0.1) is 0 Å². The molecule has 2 aromatic rings. The zero-order valence-corrected chi connectivity index (χ0v) is 16.8. The summed E-state index contributed by atoms with van der Waals surface area (Å²) in [7, 11) is 0. The molecule has 2 amide bonds. The molecule has 29 heavy (non-hydrogen) atoms. The van der Waals surface area contributed by atoms with Crippen molar-refractivity contribution in [2.24, 2.45) is 0 Å². The lowest BCUT2D eigenvalue weighted by Gasteiger charge is -2.33. The van der Waals surface area contributed by atoms with Crippen LogP contribution in [-0.2, 0) is 13.0 Å². The van der Waals surface area contributed by atoms with Gasteiger partial charge in [-0.1, -0.05) is 30.3 Å². The summed E-state index contributed by atoms with van der Waals surface area (Å²) in [6.07, 6.45) is 4.28. The van der Waals surface area contributed by atoms with E-state index < -0.39 is 6.10 Å². The van der Waals surface area contributed by atoms with Crippen molar-refractivity contribution in [2.45, 2.75) is 37.8 Å². The Morgan fingerprint density at radius 1 is 1.17 bits per heavy atom. The number of pyridine rings is 1. The van der Waals surface area contributed by atoms with Crippen LogP contribution in [-0.4, -0.2) is 64.7 Å². The maximum absolute atomic E-state index is 12.6. The van der Waals surface area contributed by atoms with Crippen LogP contribution in [0.15, 0.2) is 48.7 Å². The number of amides is 2. The summed E-state index contributed by atoms with van der Waals surface area (Å²) >= 11 is 0. The number of rotatable bonds is 5. The average molecular weight is 395 g/mol. The summed E-state index contributed by atoms with van der Waals surface area (Å²) in [5.41, 5.74) is 3.79. The van der Waals surface area contributed by atoms with Crippen LogP contribution in [0.1, 0.15) is 35.6 Å². The molecule has 0 radical (unpaired) electrons. The van der Waals surface area contributed by atoms with Gasteiger partial charge >= 0.3 is 6.03 Å². The summed E-state index contributed by atoms with van der Waals surface area (Å²) in [4.78, 5) is 21.2. The van der Waals surface area contributed by atoms with Crippen LogP contribution in [0.3, 0.4) is 0 Å². The van der Waals surface area contributed by atoms with E-state index in [1.807, 2.05) is 29.3 Å². The van der Waals surface area contributed by atoms with E-state index in [0.29, 0.717) is 13.1 Å². The Morgan fingerprint density at radius 3 is 2.83 bits per heavy atom. The highest BCUT2D eigenvalue weighted by Gasteiger charge is 2.26. The molecule has 1 aromatic carbocycles. The Bertz CT molecular complexity index is 814. The van der Waals surface area contributed by atoms with Crippen molar-refractivity contribution < 1.29 is 9.90 Å². The van der Waals surface area contributed by atoms with Crippen molar-refractivity contribution in [2.75, 3.05) is 32.7 Å². The third-order valence-corrected chi connectivity index (χ3v) is 5.98. The second kappa shape index (κ2) is 9.37. The molecule has 6 heteroatoms. The van der Waals surface area contributed by atoms with Gasteiger partial charge in [-0.05, 0) is 42.5 Å². The first-order chi connectivity index (χ1) is 14.2. The van der Waals surface area contributed by atoms with Gasteiger partial charge in [0.2, 0.25) is 0 Å². The number of hydrogen-bond donors (Lipinski definition) is 2. The summed E-state index contributed by atoms with van der Waals surface area (Å²) in [6.45, 7) is 4.10. The highest BCUT2D eigenvalue weighted by Crippen LogP contribution is 2.25. The number of aliphatic hydroxyl groups excluding tert-OH is 1. The van der Waals surface area contributed by atoms with Crippen LogP contribution >= 0.6 is 0 Å². The van der Waals surface area contributed by atoms with Crippen molar-refractivity contribution in [3.05, 3.63) is 65.5 Å². The molecule has 2 N–H and O–H groups in total. The third kappa shape index (κ3) is 5.14. The van der Waals surface area contributed by atoms with Gasteiger partial charge in [-0.25, -0.2) is 4.79 Å². The minimum Gasteiger partial charge on any atom is -0.390 e. The molecule has 2 aliphatic heterocycles. The van der Waals surface area contributed by atoms with Gasteiger partial charge in [0.25, 0.3) is 0 Å². The van der Waals surface area contributed by atoms with Gasteiger partial charge in [0.1, 0.15) is 0 Å². The van der Waals surface area contributed by atoms with Crippen molar-refractivity contribution in [3.63, 3.8) is 0 Å². The number of carbonyl (C=O) groups excluding carboxylic acids is 1. The van der Waals surface area contributed by atoms with Crippen LogP contribution in [0, 0.1) is 0 Å². The molecular weight excluding hydrogens is 364 g/mol. The number of piperidine rings is 1. The highest BCUT2D eigenvalue weighted by molar-refractivity contribution is 5.74. The number of hydrogen-bond acceptors (Lipinski definition) is 4. The predicted octanol–water partition coefficient (Wildman–Crippen LogP) is 2.39. The molecule has 2 atom stereocenters. The monoisotopic (exact) mass is 394 g/mol. The Balaban J connectivity index is 1.23. The van der Waals surface area contributed by atoms with Crippen LogP contribution < -0.4 is 5.32 Å². The van der Waals surface area contributed by atoms with Gasteiger partial charge in [0.05, 0.1) is 6.10 Å². The smallest absolute Gasteiger partial charge is 0.317 e. The summed E-state index contributed by atoms with van der Waals surface area (Å²) < 4.78 is 0. The SMILES string of the molecule is O=C(NCC(O)CN1CCc2ccccc2C1)N1CCCC(c2ccccn2)C1. The van der Waals surface area contributed by atoms with E-state index in [0.717, 1.165) is 44.6 Å². The molecule has 1 fully saturated rings. The van der Waals surface area contributed by atoms with E-state index in [1.54, 1.807) is 0 Å². The number of aromatic nitrogens is 1. The molecular formula is C23H30N4O2. The standard InChI is InChI=1S/C23H30N4O2/c28-21(17-26-13-10-18-6-1-2-7-19(18)15-26)14-25-23(29)27-12-5-8-20(16-27)22-9-3-4-11-24-22/h1-4,6-7,9,11,20-21,28H,5,8,10,12-17H2,(H,25,29). The number of nitrogens with one attached hydrogen (secondary N) is 1. The van der Waals surface area contributed by atoms with Crippen LogP contribution in [0.25, 0.3) is 0 Å². The molecule has 4 rings (SSSR count). The van der Waals surface area contributed by atoms with Crippen molar-refractivity contribution in [3.8, 4) is 0 Å². The van der Waals surface area contributed by atoms with Crippen molar-refractivity contribution in [1.29, 1.82) is 0 Å². The predicted molar refractivity (Wildman–Crippen MR) is 113 cm³/mol. The van der Waals surface area contributed by atoms with E-state index in [9.17, 15) is 9.90 Å². The zero-order chi connectivity index (χ0) is 20.1. The second-order valence-corrected chi connectivity index (χ2v) is 8.13. The molecule has 3 heterocycles. The highest BCUT2D eigenvalue weighted by atomic mass is 16.3. The largest absolute Gasteiger partial charge is 0.390 e. The van der Waals surface area contributed by atoms with Crippen molar-refractivity contribution >= 4 is 6.03 Å². The first-order valence-corrected chi connectivity index (χ1v) is 10.6. The fraction of sp³-hybridized carbons (Fsp3) is 0.478. The maximum Gasteiger partial charge on any atom is 0.317 e. The Labute approximate surface area is 172 Å². The number of fused-ring (bicyclic) bond motifs is 1. The molecule has 2 aliphatic rings. The Kier molecular flexibility index (Phi) is 6.42. The lowest BCUT2D eigenvalue weighted by molar-refractivity contribution is 0.102. The molecule has 0 spiro atoms. The first-order valence-electron chi connectivity index (χ1n) is 10.6. The van der Waals surface area contributed by atoms with Crippen LogP contribution in [0.2, 0.25) is 0 Å². The van der Waals surface area contributed by atoms with E-state index >= 15 is 0 Å². The molecule has 2 unspecified atom stereocenters. The fourth-order valence-electron chi connectivity index (χ4n) is 4.41. The quantitative estimate of drug-likeness (QED) is 0.817. The number of benzene rings is 1. The molecule has 0 bridgehead atoms. The third-order valence-electron chi connectivity index (χ3n) is 5.98. The van der Waals surface area contributed by atoms with Gasteiger partial charge in [0, 0.05) is 57.1 Å². The van der Waals surface area contributed by atoms with Crippen molar-refractivity contribution in [1.82, 2.24) is 20.1 Å². The number of likely N-dealkylation sites (tertiary alicyclic amines) is 1. The maximum atomic E-state index is 12.6. The Hall–Kier alpha value is -2.44. The normalized spacial score (nSPS) is 20.7. The van der Waals surface area contributed by atoms with E-state index in [1.165, 1.54) is 11.1 Å². The van der Waals surface area contributed by atoms with E-state index in [4.69, 9.17) is 0 Å². The minimum absolute atomic E-state index is 0.0892. The lowest BCUT2D eigenvalue weighted by atomic mass is 9.94. The van der Waals surface area contributed by atoms with Gasteiger partial charge in [-0.3, -0.25) is 9.88 Å². The number of aliphatic hydroxyl groups is 1. The summed E-state index contributed by atoms with van der Waals surface area (Å²) in [6, 6.07) is 14.3. The molecule has 154 valence electrons. The van der Waals surface area contributed by atoms with Gasteiger partial charge in [-0.2, -0.15) is 0 Å². The zero-order valence-electron chi connectivity index (χ0n) is 16.8. The average Bonchev–Trinajstić information content (AvgIpc) is 2.78.